The van der Waals surface area contributed by atoms with Gasteiger partial charge in [-0.1, -0.05) is 123 Å². The Morgan fingerprint density at radius 1 is 0.645 bits per heavy atom. The van der Waals surface area contributed by atoms with Gasteiger partial charge in [0, 0.05) is 6.42 Å². The van der Waals surface area contributed by atoms with Crippen LogP contribution in [0.25, 0.3) is 0 Å². The highest BCUT2D eigenvalue weighted by Crippen LogP contribution is 2.18. The van der Waals surface area contributed by atoms with Gasteiger partial charge in [0.2, 0.25) is 5.50 Å². The van der Waals surface area contributed by atoms with Gasteiger partial charge in [-0.25, -0.2) is 4.39 Å². The highest BCUT2D eigenvalue weighted by Gasteiger charge is 2.28. The highest BCUT2D eigenvalue weighted by atomic mass is 32.2. The van der Waals surface area contributed by atoms with E-state index in [0.717, 1.165) is 51.4 Å². The summed E-state index contributed by atoms with van der Waals surface area (Å²) in [6.07, 6.45) is 21.1. The first-order valence-electron chi connectivity index (χ1n) is 13.0. The van der Waals surface area contributed by atoms with E-state index in [1.165, 1.54) is 57.8 Å². The summed E-state index contributed by atoms with van der Waals surface area (Å²) in [4.78, 5) is 11.7. The molecule has 0 saturated carbocycles. The maximum Gasteiger partial charge on any atom is 0.344 e. The van der Waals surface area contributed by atoms with Crippen LogP contribution in [-0.4, -0.2) is 19.9 Å². The van der Waals surface area contributed by atoms with E-state index in [-0.39, 0.29) is 12.8 Å². The third kappa shape index (κ3) is 19.7. The Labute approximate surface area is 192 Å². The largest absolute Gasteiger partial charge is 0.344 e. The Hall–Kier alpha value is -0.650. The molecule has 4 nitrogen and oxygen atoms in total. The van der Waals surface area contributed by atoms with Gasteiger partial charge in [-0.3, -0.25) is 4.79 Å². The molecule has 31 heavy (non-hydrogen) atoms. The van der Waals surface area contributed by atoms with Gasteiger partial charge >= 0.3 is 16.1 Å². The minimum absolute atomic E-state index is 0.0424. The SMILES string of the molecule is CCCCCCCCCCCCCCCC(=O)OS(=O)(=O)C(F)CCCCCCCC. The van der Waals surface area contributed by atoms with Crippen LogP contribution in [-0.2, 0) is 19.1 Å². The van der Waals surface area contributed by atoms with Crippen molar-refractivity contribution in [1.29, 1.82) is 0 Å². The normalized spacial score (nSPS) is 12.7. The predicted molar refractivity (Wildman–Crippen MR) is 128 cm³/mol. The fourth-order valence-corrected chi connectivity index (χ4v) is 4.64. The van der Waals surface area contributed by atoms with Gasteiger partial charge in [-0.2, -0.15) is 8.42 Å². The molecule has 0 saturated heterocycles. The first kappa shape index (κ1) is 30.4. The zero-order valence-corrected chi connectivity index (χ0v) is 21.2. The molecule has 1 atom stereocenters. The molecule has 0 aliphatic heterocycles. The fourth-order valence-electron chi connectivity index (χ4n) is 3.74. The summed E-state index contributed by atoms with van der Waals surface area (Å²) in [5.41, 5.74) is -2.10. The average Bonchev–Trinajstić information content (AvgIpc) is 2.73. The summed E-state index contributed by atoms with van der Waals surface area (Å²) in [7, 11) is -4.44. The maximum atomic E-state index is 13.9. The van der Waals surface area contributed by atoms with Crippen LogP contribution in [0.2, 0.25) is 0 Å². The van der Waals surface area contributed by atoms with Crippen LogP contribution in [0.5, 0.6) is 0 Å². The van der Waals surface area contributed by atoms with Gasteiger partial charge in [0.1, 0.15) is 0 Å². The molecule has 1 unspecified atom stereocenters. The number of rotatable bonds is 23. The van der Waals surface area contributed by atoms with Crippen molar-refractivity contribution in [3.63, 3.8) is 0 Å². The molecule has 6 heteroatoms. The van der Waals surface area contributed by atoms with Crippen molar-refractivity contribution < 1.29 is 21.8 Å². The Morgan fingerprint density at radius 3 is 1.42 bits per heavy atom. The number of hydrogen-bond donors (Lipinski definition) is 0. The first-order valence-corrected chi connectivity index (χ1v) is 14.5. The zero-order chi connectivity index (χ0) is 23.2. The number of carbonyl (C=O) groups is 1. The molecule has 0 aromatic carbocycles. The van der Waals surface area contributed by atoms with Crippen molar-refractivity contribution in [2.24, 2.45) is 0 Å². The molecule has 0 heterocycles. The van der Waals surface area contributed by atoms with Crippen molar-refractivity contribution >= 4 is 16.1 Å². The van der Waals surface area contributed by atoms with Crippen molar-refractivity contribution in [3.05, 3.63) is 0 Å². The summed E-state index contributed by atoms with van der Waals surface area (Å²) in [6, 6.07) is 0. The lowest BCUT2D eigenvalue weighted by atomic mass is 10.0. The van der Waals surface area contributed by atoms with Crippen LogP contribution in [0.1, 0.15) is 149 Å². The van der Waals surface area contributed by atoms with Crippen LogP contribution in [0.15, 0.2) is 0 Å². The van der Waals surface area contributed by atoms with E-state index in [0.29, 0.717) is 12.8 Å². The van der Waals surface area contributed by atoms with Gasteiger partial charge in [-0.15, -0.1) is 0 Å². The Bertz CT molecular complexity index is 508. The van der Waals surface area contributed by atoms with E-state index in [1.54, 1.807) is 0 Å². The predicted octanol–water partition coefficient (Wildman–Crippen LogP) is 8.39. The molecular formula is C25H49FO4S. The van der Waals surface area contributed by atoms with E-state index in [9.17, 15) is 17.6 Å². The van der Waals surface area contributed by atoms with Crippen molar-refractivity contribution in [2.75, 3.05) is 0 Å². The van der Waals surface area contributed by atoms with E-state index in [4.69, 9.17) is 0 Å². The van der Waals surface area contributed by atoms with Gasteiger partial charge in [0.05, 0.1) is 0 Å². The summed E-state index contributed by atoms with van der Waals surface area (Å²) in [6.45, 7) is 4.36. The number of alkyl halides is 1. The fraction of sp³-hybridized carbons (Fsp3) is 0.960. The third-order valence-corrected chi connectivity index (χ3v) is 7.07. The van der Waals surface area contributed by atoms with Gasteiger partial charge in [0.25, 0.3) is 0 Å². The van der Waals surface area contributed by atoms with Crippen molar-refractivity contribution in [3.8, 4) is 0 Å². The minimum atomic E-state index is -4.44. The topological polar surface area (TPSA) is 60.4 Å². The molecular weight excluding hydrogens is 415 g/mol. The van der Waals surface area contributed by atoms with Crippen LogP contribution < -0.4 is 0 Å². The smallest absolute Gasteiger partial charge is 0.344 e. The molecule has 0 radical (unpaired) electrons. The number of unbranched alkanes of at least 4 members (excludes halogenated alkanes) is 17. The summed E-state index contributed by atoms with van der Waals surface area (Å²) >= 11 is 0. The van der Waals surface area contributed by atoms with Crippen LogP contribution in [0, 0.1) is 0 Å². The quantitative estimate of drug-likeness (QED) is 0.112. The monoisotopic (exact) mass is 464 g/mol. The van der Waals surface area contributed by atoms with Gasteiger partial charge in [-0.05, 0) is 19.3 Å². The van der Waals surface area contributed by atoms with Crippen LogP contribution in [0.3, 0.4) is 0 Å². The molecule has 0 spiro atoms. The summed E-state index contributed by atoms with van der Waals surface area (Å²) in [5.74, 6) is -0.825. The lowest BCUT2D eigenvalue weighted by Crippen LogP contribution is -2.22. The number of hydrogen-bond acceptors (Lipinski definition) is 4. The van der Waals surface area contributed by atoms with E-state index >= 15 is 0 Å². The summed E-state index contributed by atoms with van der Waals surface area (Å²) in [5, 5.41) is 0. The third-order valence-electron chi connectivity index (χ3n) is 5.79. The Morgan fingerprint density at radius 2 is 1.00 bits per heavy atom. The Balaban J connectivity index is 3.62. The molecule has 0 bridgehead atoms. The standard InChI is InChI=1S/C25H49FO4S/c1-3-5-7-9-11-12-13-14-15-16-17-19-21-23-25(27)30-31(28,29)24(26)22-20-18-10-8-6-4-2/h24H,3-23H2,1-2H3. The van der Waals surface area contributed by atoms with Crippen LogP contribution in [0.4, 0.5) is 4.39 Å². The second-order valence-electron chi connectivity index (χ2n) is 8.91. The van der Waals surface area contributed by atoms with Gasteiger partial charge in [0.15, 0.2) is 0 Å². The highest BCUT2D eigenvalue weighted by molar-refractivity contribution is 7.87. The van der Waals surface area contributed by atoms with Crippen molar-refractivity contribution in [1.82, 2.24) is 0 Å². The molecule has 0 aromatic heterocycles. The van der Waals surface area contributed by atoms with E-state index < -0.39 is 21.6 Å². The first-order chi connectivity index (χ1) is 14.9. The molecule has 0 aliphatic carbocycles. The second-order valence-corrected chi connectivity index (χ2v) is 10.6. The maximum absolute atomic E-state index is 13.9. The summed E-state index contributed by atoms with van der Waals surface area (Å²) < 4.78 is 42.1. The van der Waals surface area contributed by atoms with E-state index in [2.05, 4.69) is 18.0 Å². The van der Waals surface area contributed by atoms with E-state index in [1.807, 2.05) is 0 Å². The molecule has 0 amide bonds. The number of carbonyl (C=O) groups excluding carboxylic acids is 1. The average molecular weight is 465 g/mol. The molecule has 0 N–H and O–H groups in total. The van der Waals surface area contributed by atoms with Crippen LogP contribution >= 0.6 is 0 Å². The second kappa shape index (κ2) is 21.2. The van der Waals surface area contributed by atoms with Crippen molar-refractivity contribution in [2.45, 2.75) is 154 Å². The molecule has 0 fully saturated rings. The van der Waals surface area contributed by atoms with Gasteiger partial charge < -0.3 is 4.18 Å². The molecule has 0 rings (SSSR count). The molecule has 0 aromatic rings. The lowest BCUT2D eigenvalue weighted by molar-refractivity contribution is -0.134. The lowest BCUT2D eigenvalue weighted by Gasteiger charge is -2.10. The zero-order valence-electron chi connectivity index (χ0n) is 20.3. The molecule has 0 aliphatic rings. The molecule has 186 valence electrons. The number of halogens is 1. The Kier molecular flexibility index (Phi) is 20.8. The minimum Gasteiger partial charge on any atom is -0.344 e.